The van der Waals surface area contributed by atoms with Crippen molar-refractivity contribution in [1.82, 2.24) is 19.5 Å². The molecule has 1 saturated heterocycles. The molecule has 198 valence electrons. The Morgan fingerprint density at radius 2 is 1.95 bits per heavy atom. The predicted molar refractivity (Wildman–Crippen MR) is 138 cm³/mol. The molecule has 38 heavy (non-hydrogen) atoms. The molecule has 0 saturated carbocycles. The maximum Gasteiger partial charge on any atom is 0.247 e. The van der Waals surface area contributed by atoms with Crippen molar-refractivity contribution in [2.75, 3.05) is 24.9 Å². The summed E-state index contributed by atoms with van der Waals surface area (Å²) < 4.78 is 18.4. The van der Waals surface area contributed by atoms with Crippen molar-refractivity contribution in [3.05, 3.63) is 66.0 Å². The fourth-order valence-electron chi connectivity index (χ4n) is 4.07. The van der Waals surface area contributed by atoms with E-state index in [4.69, 9.17) is 19.9 Å². The number of aromatic nitrogens is 4. The van der Waals surface area contributed by atoms with Crippen molar-refractivity contribution >= 4 is 29.1 Å². The molecule has 1 fully saturated rings. The van der Waals surface area contributed by atoms with Crippen molar-refractivity contribution in [1.29, 1.82) is 0 Å². The van der Waals surface area contributed by atoms with Crippen LogP contribution < -0.4 is 20.6 Å². The van der Waals surface area contributed by atoms with Gasteiger partial charge >= 0.3 is 0 Å². The molecule has 0 bridgehead atoms. The number of benzene rings is 2. The molecule has 4 aromatic rings. The number of imidazole rings is 1. The summed E-state index contributed by atoms with van der Waals surface area (Å²) in [5.41, 5.74) is 11.1. The Hall–Kier alpha value is -4.30. The highest BCUT2D eigenvalue weighted by atomic mass is 16.6. The number of nitrogens with one attached hydrogen (secondary N) is 1. The quantitative estimate of drug-likeness (QED) is 0.157. The highest BCUT2D eigenvalue weighted by Gasteiger charge is 2.44. The summed E-state index contributed by atoms with van der Waals surface area (Å²) in [4.78, 5) is 12.7. The molecule has 0 spiro atoms. The second-order valence-corrected chi connectivity index (χ2v) is 8.54. The SMILES string of the molecule is COc1cc(C=NNc2nc(N)c3ncn([C@@H]4O[C@H](CO)[C@@H](O)[C@H]4O)c3n2)ccc1OCc1ccccc1. The van der Waals surface area contributed by atoms with Gasteiger partial charge in [-0.25, -0.2) is 10.4 Å². The van der Waals surface area contributed by atoms with Crippen LogP contribution in [0, 0.1) is 0 Å². The van der Waals surface area contributed by atoms with Crippen LogP contribution in [0.3, 0.4) is 0 Å². The monoisotopic (exact) mass is 521 g/mol. The van der Waals surface area contributed by atoms with Crippen LogP contribution in [0.5, 0.6) is 11.5 Å². The van der Waals surface area contributed by atoms with E-state index in [0.717, 1.165) is 11.1 Å². The molecule has 3 heterocycles. The van der Waals surface area contributed by atoms with E-state index in [-0.39, 0.29) is 22.9 Å². The zero-order valence-corrected chi connectivity index (χ0v) is 20.4. The standard InChI is InChI=1S/C25H27N7O6/c1-36-17-9-15(7-8-16(17)37-12-14-5-3-2-4-6-14)10-28-31-25-29-22(26)19-23(30-25)32(13-27-19)24-21(35)20(34)18(11-33)38-24/h2-10,13,18,20-21,24,33-35H,11-12H2,1H3,(H3,26,29,30,31)/t18-,20-,21-,24-/m1/s1. The number of rotatable bonds is 9. The molecule has 2 aromatic heterocycles. The Kier molecular flexibility index (Phi) is 7.33. The summed E-state index contributed by atoms with van der Waals surface area (Å²) in [6, 6.07) is 15.2. The third kappa shape index (κ3) is 5.08. The van der Waals surface area contributed by atoms with E-state index in [2.05, 4.69) is 25.5 Å². The molecule has 4 atom stereocenters. The number of aliphatic hydroxyl groups is 3. The van der Waals surface area contributed by atoms with Crippen LogP contribution in [0.25, 0.3) is 11.2 Å². The third-order valence-electron chi connectivity index (χ3n) is 6.04. The second kappa shape index (κ2) is 11.0. The minimum absolute atomic E-state index is 0.0783. The van der Waals surface area contributed by atoms with Gasteiger partial charge in [0, 0.05) is 0 Å². The first-order valence-electron chi connectivity index (χ1n) is 11.7. The first-order chi connectivity index (χ1) is 18.5. The molecule has 0 radical (unpaired) electrons. The van der Waals surface area contributed by atoms with Crippen LogP contribution in [0.15, 0.2) is 60.0 Å². The van der Waals surface area contributed by atoms with Crippen molar-refractivity contribution in [3.63, 3.8) is 0 Å². The summed E-state index contributed by atoms with van der Waals surface area (Å²) >= 11 is 0. The zero-order valence-electron chi connectivity index (χ0n) is 20.4. The number of methoxy groups -OCH3 is 1. The van der Waals surface area contributed by atoms with E-state index < -0.39 is 31.1 Å². The average molecular weight is 522 g/mol. The lowest BCUT2D eigenvalue weighted by molar-refractivity contribution is -0.0511. The van der Waals surface area contributed by atoms with Gasteiger partial charge in [0.15, 0.2) is 29.2 Å². The lowest BCUT2D eigenvalue weighted by atomic mass is 10.1. The maximum absolute atomic E-state index is 10.4. The van der Waals surface area contributed by atoms with E-state index in [1.807, 2.05) is 36.4 Å². The normalized spacial score (nSPS) is 21.3. The van der Waals surface area contributed by atoms with Gasteiger partial charge in [0.2, 0.25) is 5.95 Å². The van der Waals surface area contributed by atoms with Gasteiger partial charge in [0.1, 0.15) is 30.4 Å². The fourth-order valence-corrected chi connectivity index (χ4v) is 4.07. The van der Waals surface area contributed by atoms with E-state index in [0.29, 0.717) is 18.1 Å². The van der Waals surface area contributed by atoms with Crippen molar-refractivity contribution in [2.24, 2.45) is 5.10 Å². The molecule has 13 heteroatoms. The van der Waals surface area contributed by atoms with Crippen LogP contribution in [0.4, 0.5) is 11.8 Å². The van der Waals surface area contributed by atoms with Gasteiger partial charge in [-0.1, -0.05) is 30.3 Å². The number of nitrogens with zero attached hydrogens (tertiary/aromatic N) is 5. The van der Waals surface area contributed by atoms with E-state index in [1.54, 1.807) is 25.5 Å². The van der Waals surface area contributed by atoms with Crippen molar-refractivity contribution in [2.45, 2.75) is 31.1 Å². The Morgan fingerprint density at radius 3 is 2.68 bits per heavy atom. The molecule has 1 aliphatic heterocycles. The number of nitrogens with two attached hydrogens (primary N) is 1. The number of fused-ring (bicyclic) bond motifs is 1. The van der Waals surface area contributed by atoms with E-state index >= 15 is 0 Å². The number of anilines is 2. The summed E-state index contributed by atoms with van der Waals surface area (Å²) in [7, 11) is 1.56. The van der Waals surface area contributed by atoms with Gasteiger partial charge < -0.3 is 35.3 Å². The topological polar surface area (TPSA) is 182 Å². The largest absolute Gasteiger partial charge is 0.493 e. The van der Waals surface area contributed by atoms with Crippen LogP contribution in [0.1, 0.15) is 17.4 Å². The molecule has 6 N–H and O–H groups in total. The molecular weight excluding hydrogens is 494 g/mol. The minimum atomic E-state index is -1.30. The predicted octanol–water partition coefficient (Wildman–Crippen LogP) is 1.05. The second-order valence-electron chi connectivity index (χ2n) is 8.54. The molecule has 0 amide bonds. The van der Waals surface area contributed by atoms with Crippen LogP contribution >= 0.6 is 0 Å². The Balaban J connectivity index is 1.31. The number of hydrogen-bond donors (Lipinski definition) is 5. The number of ether oxygens (including phenoxy) is 3. The van der Waals surface area contributed by atoms with Crippen molar-refractivity contribution in [3.8, 4) is 11.5 Å². The third-order valence-corrected chi connectivity index (χ3v) is 6.04. The van der Waals surface area contributed by atoms with Gasteiger partial charge in [0.05, 0.1) is 26.3 Å². The van der Waals surface area contributed by atoms with E-state index in [9.17, 15) is 15.3 Å². The van der Waals surface area contributed by atoms with Crippen LogP contribution in [-0.2, 0) is 11.3 Å². The van der Waals surface area contributed by atoms with Gasteiger partial charge in [-0.3, -0.25) is 4.57 Å². The Morgan fingerprint density at radius 1 is 1.13 bits per heavy atom. The fraction of sp³-hybridized carbons (Fsp3) is 0.280. The average Bonchev–Trinajstić information content (AvgIpc) is 3.49. The van der Waals surface area contributed by atoms with Crippen molar-refractivity contribution < 1.29 is 29.5 Å². The van der Waals surface area contributed by atoms with Crippen LogP contribution in [0.2, 0.25) is 0 Å². The molecule has 0 unspecified atom stereocenters. The first-order valence-corrected chi connectivity index (χ1v) is 11.7. The highest BCUT2D eigenvalue weighted by Crippen LogP contribution is 2.32. The highest BCUT2D eigenvalue weighted by molar-refractivity contribution is 5.84. The lowest BCUT2D eigenvalue weighted by Crippen LogP contribution is -2.33. The summed E-state index contributed by atoms with van der Waals surface area (Å²) in [6.45, 7) is -0.0442. The lowest BCUT2D eigenvalue weighted by Gasteiger charge is -2.16. The maximum atomic E-state index is 10.4. The number of hydrogen-bond acceptors (Lipinski definition) is 12. The smallest absolute Gasteiger partial charge is 0.247 e. The zero-order chi connectivity index (χ0) is 26.6. The number of aliphatic hydroxyl groups excluding tert-OH is 3. The summed E-state index contributed by atoms with van der Waals surface area (Å²) in [5, 5.41) is 34.0. The Bertz CT molecular complexity index is 1430. The minimum Gasteiger partial charge on any atom is -0.493 e. The molecule has 1 aliphatic rings. The molecule has 5 rings (SSSR count). The number of hydrazone groups is 1. The molecule has 2 aromatic carbocycles. The van der Waals surface area contributed by atoms with E-state index in [1.165, 1.54) is 10.9 Å². The summed E-state index contributed by atoms with van der Waals surface area (Å²) in [6.07, 6.45) is -1.61. The van der Waals surface area contributed by atoms with Gasteiger partial charge in [-0.15, -0.1) is 0 Å². The number of nitrogen functional groups attached to an aromatic ring is 1. The van der Waals surface area contributed by atoms with Gasteiger partial charge in [0.25, 0.3) is 0 Å². The van der Waals surface area contributed by atoms with Crippen LogP contribution in [-0.4, -0.2) is 73.1 Å². The van der Waals surface area contributed by atoms with Gasteiger partial charge in [-0.2, -0.15) is 15.1 Å². The first kappa shape index (κ1) is 25.4. The molecular formula is C25H27N7O6. The molecule has 0 aliphatic carbocycles. The Labute approximate surface area is 217 Å². The molecule has 13 nitrogen and oxygen atoms in total. The summed E-state index contributed by atoms with van der Waals surface area (Å²) in [5.74, 6) is 1.31. The van der Waals surface area contributed by atoms with Gasteiger partial charge in [-0.05, 0) is 29.3 Å².